The van der Waals surface area contributed by atoms with Gasteiger partial charge in [0.05, 0.1) is 10.2 Å². The molecular formula is C16H13F2N3S2. The number of para-hydroxylation sites is 1. The Morgan fingerprint density at radius 2 is 1.83 bits per heavy atom. The van der Waals surface area contributed by atoms with Gasteiger partial charge in [-0.1, -0.05) is 29.5 Å². The van der Waals surface area contributed by atoms with Crippen molar-refractivity contribution < 1.29 is 8.78 Å². The maximum absolute atomic E-state index is 13.7. The molecule has 0 fully saturated rings. The second kappa shape index (κ2) is 6.55. The topological polar surface area (TPSA) is 42.1 Å². The number of hydrogen-bond acceptors (Lipinski definition) is 3. The van der Waals surface area contributed by atoms with Gasteiger partial charge in [0.25, 0.3) is 0 Å². The van der Waals surface area contributed by atoms with Gasteiger partial charge in [-0.3, -0.25) is 4.90 Å². The lowest BCUT2D eigenvalue weighted by Gasteiger charge is -2.19. The average molecular weight is 349 g/mol. The standard InChI is InChI=1S/C16H13F2N3S2/c17-11-4-3-5-12(18)10(11)8-9-21(15(19)22)16-20-13-6-1-2-7-14(13)23-16/h1-7H,8-9H2,(H2,19,22). The fraction of sp³-hybridized carbons (Fsp3) is 0.125. The van der Waals surface area contributed by atoms with Gasteiger partial charge in [-0.05, 0) is 42.9 Å². The highest BCUT2D eigenvalue weighted by molar-refractivity contribution is 7.80. The SMILES string of the molecule is NC(=S)N(CCc1c(F)cccc1F)c1nc2ccccc2s1. The summed E-state index contributed by atoms with van der Waals surface area (Å²) in [5.41, 5.74) is 6.63. The molecule has 1 heterocycles. The number of thiazole rings is 1. The number of hydrogen-bond donors (Lipinski definition) is 1. The van der Waals surface area contributed by atoms with E-state index in [9.17, 15) is 8.78 Å². The highest BCUT2D eigenvalue weighted by Gasteiger charge is 2.17. The van der Waals surface area contributed by atoms with Gasteiger partial charge in [-0.2, -0.15) is 0 Å². The fourth-order valence-corrected chi connectivity index (χ4v) is 3.51. The highest BCUT2D eigenvalue weighted by atomic mass is 32.1. The summed E-state index contributed by atoms with van der Waals surface area (Å²) in [6, 6.07) is 11.5. The molecule has 3 rings (SSSR count). The molecule has 7 heteroatoms. The Morgan fingerprint density at radius 1 is 1.13 bits per heavy atom. The average Bonchev–Trinajstić information content (AvgIpc) is 2.93. The van der Waals surface area contributed by atoms with Crippen molar-refractivity contribution in [1.29, 1.82) is 0 Å². The van der Waals surface area contributed by atoms with E-state index in [0.29, 0.717) is 5.13 Å². The molecule has 1 aromatic heterocycles. The lowest BCUT2D eigenvalue weighted by atomic mass is 10.1. The van der Waals surface area contributed by atoms with Crippen LogP contribution in [0.4, 0.5) is 13.9 Å². The van der Waals surface area contributed by atoms with Crippen molar-refractivity contribution in [2.45, 2.75) is 6.42 Å². The maximum Gasteiger partial charge on any atom is 0.192 e. The second-order valence-corrected chi connectivity index (χ2v) is 6.33. The summed E-state index contributed by atoms with van der Waals surface area (Å²) in [5.74, 6) is -1.14. The largest absolute Gasteiger partial charge is 0.376 e. The first kappa shape index (κ1) is 15.8. The normalized spacial score (nSPS) is 10.9. The first-order valence-corrected chi connectivity index (χ1v) is 8.14. The number of aromatic nitrogens is 1. The van der Waals surface area contributed by atoms with Gasteiger partial charge in [0.1, 0.15) is 11.6 Å². The van der Waals surface area contributed by atoms with E-state index >= 15 is 0 Å². The van der Waals surface area contributed by atoms with Crippen LogP contribution in [0.15, 0.2) is 42.5 Å². The van der Waals surface area contributed by atoms with Gasteiger partial charge in [-0.25, -0.2) is 13.8 Å². The van der Waals surface area contributed by atoms with Gasteiger partial charge in [0.2, 0.25) is 0 Å². The summed E-state index contributed by atoms with van der Waals surface area (Å²) < 4.78 is 28.5. The predicted octanol–water partition coefficient (Wildman–Crippen LogP) is 3.87. The third kappa shape index (κ3) is 3.30. The molecule has 2 N–H and O–H groups in total. The summed E-state index contributed by atoms with van der Waals surface area (Å²) in [7, 11) is 0. The second-order valence-electron chi connectivity index (χ2n) is 4.90. The maximum atomic E-state index is 13.7. The third-order valence-electron chi connectivity index (χ3n) is 3.43. The van der Waals surface area contributed by atoms with E-state index in [0.717, 1.165) is 10.2 Å². The summed E-state index contributed by atoms with van der Waals surface area (Å²) in [4.78, 5) is 6.08. The smallest absolute Gasteiger partial charge is 0.192 e. The van der Waals surface area contributed by atoms with Crippen LogP contribution in [0.2, 0.25) is 0 Å². The van der Waals surface area contributed by atoms with Crippen LogP contribution in [-0.2, 0) is 6.42 Å². The van der Waals surface area contributed by atoms with E-state index in [1.54, 1.807) is 4.90 Å². The number of thiocarbonyl (C=S) groups is 1. The predicted molar refractivity (Wildman–Crippen MR) is 93.8 cm³/mol. The van der Waals surface area contributed by atoms with Crippen LogP contribution in [0.5, 0.6) is 0 Å². The van der Waals surface area contributed by atoms with Crippen molar-refractivity contribution in [1.82, 2.24) is 4.98 Å². The molecular weight excluding hydrogens is 336 g/mol. The summed E-state index contributed by atoms with van der Waals surface area (Å²) in [6.07, 6.45) is 0.145. The Balaban J connectivity index is 1.86. The van der Waals surface area contributed by atoms with Crippen LogP contribution in [0.1, 0.15) is 5.56 Å². The van der Waals surface area contributed by atoms with Crippen LogP contribution >= 0.6 is 23.6 Å². The molecule has 0 aliphatic heterocycles. The lowest BCUT2D eigenvalue weighted by Crippen LogP contribution is -2.37. The number of halogens is 2. The Bertz CT molecular complexity index is 810. The van der Waals surface area contributed by atoms with E-state index in [1.165, 1.54) is 29.5 Å². The minimum absolute atomic E-state index is 0.0230. The number of nitrogens with zero attached hydrogens (tertiary/aromatic N) is 2. The monoisotopic (exact) mass is 349 g/mol. The third-order valence-corrected chi connectivity index (χ3v) is 4.71. The van der Waals surface area contributed by atoms with Crippen LogP contribution in [0.25, 0.3) is 10.2 Å². The van der Waals surface area contributed by atoms with Crippen LogP contribution in [-0.4, -0.2) is 16.6 Å². The molecule has 2 aromatic carbocycles. The highest BCUT2D eigenvalue weighted by Crippen LogP contribution is 2.28. The van der Waals surface area contributed by atoms with Crippen molar-refractivity contribution in [3.05, 3.63) is 59.7 Å². The molecule has 3 nitrogen and oxygen atoms in total. The minimum Gasteiger partial charge on any atom is -0.376 e. The molecule has 0 bridgehead atoms. The Hall–Kier alpha value is -2.12. The molecule has 0 unspecified atom stereocenters. The molecule has 0 aliphatic carbocycles. The first-order valence-electron chi connectivity index (χ1n) is 6.91. The molecule has 0 aliphatic rings. The molecule has 0 amide bonds. The molecule has 0 atom stereocenters. The number of nitrogens with two attached hydrogens (primary N) is 1. The van der Waals surface area contributed by atoms with Crippen LogP contribution in [0.3, 0.4) is 0 Å². The van der Waals surface area contributed by atoms with Crippen molar-refractivity contribution in [3.8, 4) is 0 Å². The first-order chi connectivity index (χ1) is 11.1. The summed E-state index contributed by atoms with van der Waals surface area (Å²) in [5, 5.41) is 0.747. The van der Waals surface area contributed by atoms with Gasteiger partial charge in [0.15, 0.2) is 10.2 Å². The molecule has 0 radical (unpaired) electrons. The number of benzene rings is 2. The van der Waals surface area contributed by atoms with Gasteiger partial charge in [-0.15, -0.1) is 0 Å². The summed E-state index contributed by atoms with van der Waals surface area (Å²) >= 11 is 6.50. The van der Waals surface area contributed by atoms with Crippen LogP contribution in [0, 0.1) is 11.6 Å². The number of anilines is 1. The van der Waals surface area contributed by atoms with Crippen molar-refractivity contribution in [2.75, 3.05) is 11.4 Å². The Morgan fingerprint density at radius 3 is 2.48 bits per heavy atom. The molecule has 0 spiro atoms. The summed E-state index contributed by atoms with van der Waals surface area (Å²) in [6.45, 7) is 0.257. The van der Waals surface area contributed by atoms with Gasteiger partial charge < -0.3 is 5.73 Å². The van der Waals surface area contributed by atoms with E-state index in [1.807, 2.05) is 24.3 Å². The van der Waals surface area contributed by atoms with Crippen molar-refractivity contribution in [3.63, 3.8) is 0 Å². The Labute approximate surface area is 141 Å². The van der Waals surface area contributed by atoms with Crippen LogP contribution < -0.4 is 10.6 Å². The quantitative estimate of drug-likeness (QED) is 0.726. The van der Waals surface area contributed by atoms with E-state index in [2.05, 4.69) is 4.98 Å². The van der Waals surface area contributed by atoms with E-state index < -0.39 is 11.6 Å². The fourth-order valence-electron chi connectivity index (χ4n) is 2.27. The van der Waals surface area contributed by atoms with Gasteiger partial charge >= 0.3 is 0 Å². The minimum atomic E-state index is -0.572. The van der Waals surface area contributed by atoms with Crippen molar-refractivity contribution >= 4 is 44.0 Å². The molecule has 23 heavy (non-hydrogen) atoms. The zero-order chi connectivity index (χ0) is 16.4. The Kier molecular flexibility index (Phi) is 4.49. The zero-order valence-electron chi connectivity index (χ0n) is 12.0. The molecule has 3 aromatic rings. The number of rotatable bonds is 4. The molecule has 0 saturated carbocycles. The van der Waals surface area contributed by atoms with E-state index in [-0.39, 0.29) is 23.6 Å². The molecule has 118 valence electrons. The lowest BCUT2D eigenvalue weighted by molar-refractivity contribution is 0.555. The molecule has 0 saturated heterocycles. The van der Waals surface area contributed by atoms with Gasteiger partial charge in [0, 0.05) is 12.1 Å². The van der Waals surface area contributed by atoms with Crippen molar-refractivity contribution in [2.24, 2.45) is 5.73 Å². The zero-order valence-corrected chi connectivity index (χ0v) is 13.6. The number of fused-ring (bicyclic) bond motifs is 1. The van der Waals surface area contributed by atoms with E-state index in [4.69, 9.17) is 18.0 Å².